The summed E-state index contributed by atoms with van der Waals surface area (Å²) in [5.74, 6) is -0.995. The highest BCUT2D eigenvalue weighted by Gasteiger charge is 2.26. The monoisotopic (exact) mass is 465 g/mol. The number of sulfonamides is 1. The molecule has 0 aliphatic carbocycles. The fourth-order valence-electron chi connectivity index (χ4n) is 2.16. The number of halogens is 3. The molecule has 134 valence electrons. The smallest absolute Gasteiger partial charge is 0.303 e. The number of hydrogen-bond donors (Lipinski definition) is 1. The topological polar surface area (TPSA) is 74.7 Å². The molecule has 0 amide bonds. The number of benzene rings is 2. The van der Waals surface area contributed by atoms with Crippen LogP contribution >= 0.6 is 39.1 Å². The number of carbonyl (C=O) groups is 1. The number of carboxylic acids is 1. The van der Waals surface area contributed by atoms with Gasteiger partial charge in [0.2, 0.25) is 0 Å². The molecule has 0 radical (unpaired) electrons. The van der Waals surface area contributed by atoms with Crippen LogP contribution in [0, 0.1) is 0 Å². The van der Waals surface area contributed by atoms with Gasteiger partial charge in [0.1, 0.15) is 0 Å². The molecular formula is C16H14BrCl2NO4S. The van der Waals surface area contributed by atoms with Gasteiger partial charge in [-0.2, -0.15) is 0 Å². The summed E-state index contributed by atoms with van der Waals surface area (Å²) in [4.78, 5) is 10.8. The molecule has 0 atom stereocenters. The number of carboxylic acid groups (broad SMARTS) is 1. The third-order valence-electron chi connectivity index (χ3n) is 3.33. The van der Waals surface area contributed by atoms with Gasteiger partial charge in [-0.15, -0.1) is 0 Å². The molecule has 0 aliphatic rings. The van der Waals surface area contributed by atoms with Crippen LogP contribution in [-0.4, -0.2) is 26.0 Å². The van der Waals surface area contributed by atoms with Gasteiger partial charge in [-0.05, 0) is 48.9 Å². The molecule has 0 unspecified atom stereocenters. The van der Waals surface area contributed by atoms with Crippen molar-refractivity contribution in [3.05, 3.63) is 57.0 Å². The van der Waals surface area contributed by atoms with Crippen LogP contribution in [0.15, 0.2) is 51.8 Å². The van der Waals surface area contributed by atoms with Crippen molar-refractivity contribution in [1.29, 1.82) is 0 Å². The Morgan fingerprint density at radius 3 is 2.32 bits per heavy atom. The molecule has 2 aromatic rings. The Morgan fingerprint density at radius 1 is 1.12 bits per heavy atom. The molecule has 0 bridgehead atoms. The molecule has 1 N–H and O–H groups in total. The fraction of sp³-hybridized carbons (Fsp3) is 0.188. The second-order valence-corrected chi connectivity index (χ2v) is 8.75. The van der Waals surface area contributed by atoms with Crippen LogP contribution in [0.3, 0.4) is 0 Å². The average Bonchev–Trinajstić information content (AvgIpc) is 2.52. The van der Waals surface area contributed by atoms with Gasteiger partial charge < -0.3 is 5.11 Å². The maximum absolute atomic E-state index is 13.0. The van der Waals surface area contributed by atoms with Crippen LogP contribution in [0.2, 0.25) is 10.0 Å². The van der Waals surface area contributed by atoms with Crippen LogP contribution < -0.4 is 4.31 Å². The third kappa shape index (κ3) is 5.10. The molecule has 0 aliphatic heterocycles. The van der Waals surface area contributed by atoms with Crippen LogP contribution in [0.5, 0.6) is 0 Å². The molecule has 2 rings (SSSR count). The second kappa shape index (κ2) is 8.40. The first-order valence-electron chi connectivity index (χ1n) is 7.17. The summed E-state index contributed by atoms with van der Waals surface area (Å²) >= 11 is 15.3. The van der Waals surface area contributed by atoms with Gasteiger partial charge in [-0.3, -0.25) is 9.10 Å². The molecule has 0 fully saturated rings. The Hall–Kier alpha value is -1.28. The fourth-order valence-corrected chi connectivity index (χ4v) is 4.63. The van der Waals surface area contributed by atoms with E-state index in [-0.39, 0.29) is 35.0 Å². The number of anilines is 1. The van der Waals surface area contributed by atoms with Crippen molar-refractivity contribution >= 4 is 60.8 Å². The first-order chi connectivity index (χ1) is 11.7. The number of aliphatic carboxylic acids is 1. The predicted octanol–water partition coefficient (Wildman–Crippen LogP) is 4.82. The van der Waals surface area contributed by atoms with Gasteiger partial charge in [0.15, 0.2) is 0 Å². The van der Waals surface area contributed by atoms with Crippen molar-refractivity contribution in [2.45, 2.75) is 17.7 Å². The minimum atomic E-state index is -3.92. The van der Waals surface area contributed by atoms with Gasteiger partial charge in [0, 0.05) is 22.5 Å². The predicted molar refractivity (Wildman–Crippen MR) is 102 cm³/mol. The lowest BCUT2D eigenvalue weighted by molar-refractivity contribution is -0.137. The van der Waals surface area contributed by atoms with E-state index >= 15 is 0 Å². The summed E-state index contributed by atoms with van der Waals surface area (Å²) in [7, 11) is -3.92. The highest BCUT2D eigenvalue weighted by molar-refractivity contribution is 9.10. The Bertz CT molecular complexity index is 872. The third-order valence-corrected chi connectivity index (χ3v) is 6.21. The van der Waals surface area contributed by atoms with Gasteiger partial charge >= 0.3 is 5.97 Å². The van der Waals surface area contributed by atoms with Gasteiger partial charge in [0.05, 0.1) is 15.6 Å². The van der Waals surface area contributed by atoms with E-state index < -0.39 is 16.0 Å². The van der Waals surface area contributed by atoms with Gasteiger partial charge in [0.25, 0.3) is 10.0 Å². The van der Waals surface area contributed by atoms with Crippen molar-refractivity contribution < 1.29 is 18.3 Å². The highest BCUT2D eigenvalue weighted by atomic mass is 79.9. The van der Waals surface area contributed by atoms with Crippen molar-refractivity contribution in [1.82, 2.24) is 0 Å². The lowest BCUT2D eigenvalue weighted by Crippen LogP contribution is -2.32. The molecule has 0 heterocycles. The molecule has 0 saturated heterocycles. The van der Waals surface area contributed by atoms with E-state index in [0.29, 0.717) is 9.50 Å². The maximum atomic E-state index is 13.0. The first-order valence-corrected chi connectivity index (χ1v) is 10.2. The number of hydrogen-bond acceptors (Lipinski definition) is 3. The van der Waals surface area contributed by atoms with Crippen molar-refractivity contribution in [3.8, 4) is 0 Å². The van der Waals surface area contributed by atoms with Crippen LogP contribution in [-0.2, 0) is 14.8 Å². The summed E-state index contributed by atoms with van der Waals surface area (Å²) in [6.07, 6.45) is -0.00463. The second-order valence-electron chi connectivity index (χ2n) is 5.12. The van der Waals surface area contributed by atoms with E-state index in [1.165, 1.54) is 24.3 Å². The molecular weight excluding hydrogens is 453 g/mol. The van der Waals surface area contributed by atoms with Crippen LogP contribution in [0.25, 0.3) is 0 Å². The molecule has 25 heavy (non-hydrogen) atoms. The summed E-state index contributed by atoms with van der Waals surface area (Å²) in [6, 6.07) is 10.6. The van der Waals surface area contributed by atoms with Gasteiger partial charge in [-0.1, -0.05) is 39.1 Å². The van der Waals surface area contributed by atoms with E-state index in [0.717, 1.165) is 4.31 Å². The summed E-state index contributed by atoms with van der Waals surface area (Å²) in [5.41, 5.74) is 0.283. The van der Waals surface area contributed by atoms with E-state index in [2.05, 4.69) is 15.9 Å². The van der Waals surface area contributed by atoms with E-state index in [1.807, 2.05) is 0 Å². The first kappa shape index (κ1) is 20.0. The molecule has 5 nitrogen and oxygen atoms in total. The summed E-state index contributed by atoms with van der Waals surface area (Å²) < 4.78 is 27.9. The Morgan fingerprint density at radius 2 is 1.76 bits per heavy atom. The van der Waals surface area contributed by atoms with Crippen molar-refractivity contribution in [2.24, 2.45) is 0 Å². The Kier molecular flexibility index (Phi) is 6.73. The Labute approximate surface area is 164 Å². The minimum absolute atomic E-state index is 0.0153. The van der Waals surface area contributed by atoms with Crippen LogP contribution in [0.1, 0.15) is 12.8 Å². The summed E-state index contributed by atoms with van der Waals surface area (Å²) in [6.45, 7) is -0.0153. The quantitative estimate of drug-likeness (QED) is 0.634. The van der Waals surface area contributed by atoms with E-state index in [1.54, 1.807) is 18.2 Å². The van der Waals surface area contributed by atoms with E-state index in [4.69, 9.17) is 28.3 Å². The minimum Gasteiger partial charge on any atom is -0.481 e. The maximum Gasteiger partial charge on any atom is 0.303 e. The molecule has 0 spiro atoms. The zero-order valence-corrected chi connectivity index (χ0v) is 16.7. The van der Waals surface area contributed by atoms with Gasteiger partial charge in [-0.25, -0.2) is 8.42 Å². The number of rotatable bonds is 7. The molecule has 0 aromatic heterocycles. The Balaban J connectivity index is 2.45. The molecule has 9 heteroatoms. The van der Waals surface area contributed by atoms with E-state index in [9.17, 15) is 13.2 Å². The molecule has 0 saturated carbocycles. The standard InChI is InChI=1S/C16H14BrCl2NO4S/c17-11-3-8-15(14(19)10-11)20(9-1-2-16(21)22)25(23,24)13-6-4-12(18)5-7-13/h3-8,10H,1-2,9H2,(H,21,22). The van der Waals surface area contributed by atoms with Crippen LogP contribution in [0.4, 0.5) is 5.69 Å². The van der Waals surface area contributed by atoms with Crippen molar-refractivity contribution in [2.75, 3.05) is 10.8 Å². The lowest BCUT2D eigenvalue weighted by Gasteiger charge is -2.25. The lowest BCUT2D eigenvalue weighted by atomic mass is 10.3. The zero-order valence-electron chi connectivity index (χ0n) is 12.8. The normalized spacial score (nSPS) is 11.3. The summed E-state index contributed by atoms with van der Waals surface area (Å²) in [5, 5.41) is 9.48. The SMILES string of the molecule is O=C(O)CCCN(c1ccc(Br)cc1Cl)S(=O)(=O)c1ccc(Cl)cc1. The highest BCUT2D eigenvalue weighted by Crippen LogP contribution is 2.33. The van der Waals surface area contributed by atoms with Crippen molar-refractivity contribution in [3.63, 3.8) is 0 Å². The average molecular weight is 467 g/mol. The zero-order chi connectivity index (χ0) is 18.6. The molecule has 2 aromatic carbocycles. The largest absolute Gasteiger partial charge is 0.481 e. The number of nitrogens with zero attached hydrogens (tertiary/aromatic N) is 1.